The minimum absolute atomic E-state index is 0.0505. The van der Waals surface area contributed by atoms with Crippen LogP contribution in [0, 0.1) is 0 Å². The molecule has 7 nitrogen and oxygen atoms in total. The van der Waals surface area contributed by atoms with Gasteiger partial charge in [-0.2, -0.15) is 0 Å². The molecule has 0 fully saturated rings. The van der Waals surface area contributed by atoms with E-state index in [9.17, 15) is 9.59 Å². The summed E-state index contributed by atoms with van der Waals surface area (Å²) in [7, 11) is 0. The lowest BCUT2D eigenvalue weighted by atomic mass is 10.1. The second-order valence-electron chi connectivity index (χ2n) is 5.32. The molecule has 1 aromatic rings. The average Bonchev–Trinajstić information content (AvgIpc) is 2.28. The maximum Gasteiger partial charge on any atom is 0.408 e. The Morgan fingerprint density at radius 1 is 1.45 bits per heavy atom. The van der Waals surface area contributed by atoms with Gasteiger partial charge in [0.2, 0.25) is 0 Å². The third kappa shape index (κ3) is 5.55. The highest BCUT2D eigenvalue weighted by Crippen LogP contribution is 2.08. The number of anilines is 1. The molecule has 20 heavy (non-hydrogen) atoms. The minimum atomic E-state index is -1.16. The summed E-state index contributed by atoms with van der Waals surface area (Å²) in [6, 6.07) is 2.12. The molecule has 1 heterocycles. The van der Waals surface area contributed by atoms with Crippen LogP contribution >= 0.6 is 0 Å². The van der Waals surface area contributed by atoms with Crippen molar-refractivity contribution in [3.05, 3.63) is 24.0 Å². The van der Waals surface area contributed by atoms with Crippen LogP contribution in [-0.2, 0) is 16.0 Å². The van der Waals surface area contributed by atoms with Crippen LogP contribution in [0.3, 0.4) is 0 Å². The van der Waals surface area contributed by atoms with Crippen LogP contribution in [0.2, 0.25) is 0 Å². The van der Waals surface area contributed by atoms with Gasteiger partial charge in [-0.25, -0.2) is 9.59 Å². The maximum absolute atomic E-state index is 11.6. The van der Waals surface area contributed by atoms with E-state index in [2.05, 4.69) is 10.3 Å². The van der Waals surface area contributed by atoms with Gasteiger partial charge in [0, 0.05) is 12.1 Å². The van der Waals surface area contributed by atoms with Gasteiger partial charge in [0.05, 0.1) is 11.9 Å². The summed E-state index contributed by atoms with van der Waals surface area (Å²) in [5.74, 6) is -1.16. The first-order valence-corrected chi connectivity index (χ1v) is 6.10. The number of aliphatic carboxylic acids is 1. The van der Waals surface area contributed by atoms with Gasteiger partial charge in [-0.05, 0) is 32.9 Å². The molecule has 4 N–H and O–H groups in total. The lowest BCUT2D eigenvalue weighted by Gasteiger charge is -2.21. The number of carboxylic acids is 1. The predicted molar refractivity (Wildman–Crippen MR) is 73.1 cm³/mol. The van der Waals surface area contributed by atoms with Crippen LogP contribution in [0.15, 0.2) is 18.3 Å². The molecule has 1 aromatic heterocycles. The number of carbonyl (C=O) groups is 2. The molecule has 0 aliphatic rings. The van der Waals surface area contributed by atoms with Crippen molar-refractivity contribution in [2.24, 2.45) is 0 Å². The SMILES string of the molecule is CC(C)(C)OC(=O)NC(Cc1ccc(N)cn1)C(=O)O. The van der Waals surface area contributed by atoms with Crippen LogP contribution < -0.4 is 11.1 Å². The van der Waals surface area contributed by atoms with Gasteiger partial charge in [-0.1, -0.05) is 0 Å². The molecule has 1 unspecified atom stereocenters. The fourth-order valence-corrected chi connectivity index (χ4v) is 1.42. The smallest absolute Gasteiger partial charge is 0.408 e. The van der Waals surface area contributed by atoms with Crippen molar-refractivity contribution in [2.75, 3.05) is 5.73 Å². The Balaban J connectivity index is 2.68. The monoisotopic (exact) mass is 281 g/mol. The number of amides is 1. The normalized spacial score (nSPS) is 12.6. The van der Waals surface area contributed by atoms with Crippen molar-refractivity contribution in [2.45, 2.75) is 38.8 Å². The van der Waals surface area contributed by atoms with Gasteiger partial charge in [0.1, 0.15) is 11.6 Å². The zero-order valence-electron chi connectivity index (χ0n) is 11.7. The Labute approximate surface area is 117 Å². The molecule has 1 amide bonds. The van der Waals surface area contributed by atoms with E-state index in [0.29, 0.717) is 11.4 Å². The minimum Gasteiger partial charge on any atom is -0.480 e. The number of pyridine rings is 1. The van der Waals surface area contributed by atoms with Crippen LogP contribution in [0.4, 0.5) is 10.5 Å². The van der Waals surface area contributed by atoms with Gasteiger partial charge in [0.15, 0.2) is 0 Å². The second kappa shape index (κ2) is 6.23. The first-order chi connectivity index (χ1) is 9.17. The average molecular weight is 281 g/mol. The molecule has 0 bridgehead atoms. The molecule has 7 heteroatoms. The van der Waals surface area contributed by atoms with E-state index >= 15 is 0 Å². The zero-order valence-corrected chi connectivity index (χ0v) is 11.7. The summed E-state index contributed by atoms with van der Waals surface area (Å²) in [5, 5.41) is 11.4. The summed E-state index contributed by atoms with van der Waals surface area (Å²) in [5.41, 5.74) is 5.81. The molecule has 0 aliphatic carbocycles. The van der Waals surface area contributed by atoms with Crippen molar-refractivity contribution < 1.29 is 19.4 Å². The number of hydrogen-bond acceptors (Lipinski definition) is 5. The fraction of sp³-hybridized carbons (Fsp3) is 0.462. The molecular weight excluding hydrogens is 262 g/mol. The summed E-state index contributed by atoms with van der Waals surface area (Å²) in [6.45, 7) is 5.09. The van der Waals surface area contributed by atoms with E-state index < -0.39 is 23.7 Å². The number of carbonyl (C=O) groups excluding carboxylic acids is 1. The molecule has 1 atom stereocenters. The standard InChI is InChI=1S/C13H19N3O4/c1-13(2,3)20-12(19)16-10(11(17)18)6-9-5-4-8(14)7-15-9/h4-5,7,10H,6,14H2,1-3H3,(H,16,19)(H,17,18). The number of nitrogens with one attached hydrogen (secondary N) is 1. The lowest BCUT2D eigenvalue weighted by molar-refractivity contribution is -0.139. The molecule has 0 saturated carbocycles. The van der Waals surface area contributed by atoms with E-state index in [1.54, 1.807) is 32.9 Å². The van der Waals surface area contributed by atoms with Crippen LogP contribution in [-0.4, -0.2) is 33.8 Å². The number of nitrogen functional groups attached to an aromatic ring is 1. The first-order valence-electron chi connectivity index (χ1n) is 6.10. The molecular formula is C13H19N3O4. The van der Waals surface area contributed by atoms with Crippen molar-refractivity contribution in [3.63, 3.8) is 0 Å². The van der Waals surface area contributed by atoms with E-state index in [4.69, 9.17) is 15.6 Å². The number of nitrogens with two attached hydrogens (primary N) is 1. The van der Waals surface area contributed by atoms with Gasteiger partial charge >= 0.3 is 12.1 Å². The fourth-order valence-electron chi connectivity index (χ4n) is 1.42. The topological polar surface area (TPSA) is 115 Å². The maximum atomic E-state index is 11.6. The highest BCUT2D eigenvalue weighted by Gasteiger charge is 2.24. The summed E-state index contributed by atoms with van der Waals surface area (Å²) < 4.78 is 5.02. The molecule has 0 radical (unpaired) electrons. The van der Waals surface area contributed by atoms with E-state index in [1.165, 1.54) is 6.20 Å². The number of ether oxygens (including phenoxy) is 1. The van der Waals surface area contributed by atoms with Crippen molar-refractivity contribution in [1.29, 1.82) is 0 Å². The zero-order chi connectivity index (χ0) is 15.3. The van der Waals surface area contributed by atoms with Gasteiger partial charge in [-0.15, -0.1) is 0 Å². The van der Waals surface area contributed by atoms with Crippen LogP contribution in [0.25, 0.3) is 0 Å². The van der Waals surface area contributed by atoms with E-state index in [0.717, 1.165) is 0 Å². The van der Waals surface area contributed by atoms with Gasteiger partial charge in [-0.3, -0.25) is 4.98 Å². The molecule has 0 spiro atoms. The van der Waals surface area contributed by atoms with Crippen LogP contribution in [0.1, 0.15) is 26.5 Å². The molecule has 0 saturated heterocycles. The third-order valence-corrected chi connectivity index (χ3v) is 2.25. The largest absolute Gasteiger partial charge is 0.480 e. The number of aromatic nitrogens is 1. The van der Waals surface area contributed by atoms with Crippen molar-refractivity contribution in [1.82, 2.24) is 10.3 Å². The van der Waals surface area contributed by atoms with Crippen molar-refractivity contribution >= 4 is 17.7 Å². The predicted octanol–water partition coefficient (Wildman–Crippen LogP) is 1.18. The Bertz CT molecular complexity index is 479. The number of rotatable bonds is 4. The summed E-state index contributed by atoms with van der Waals surface area (Å²) >= 11 is 0. The number of hydrogen-bond donors (Lipinski definition) is 3. The molecule has 1 rings (SSSR count). The van der Waals surface area contributed by atoms with E-state index in [1.807, 2.05) is 0 Å². The number of alkyl carbamates (subject to hydrolysis) is 1. The Morgan fingerprint density at radius 3 is 2.55 bits per heavy atom. The second-order valence-corrected chi connectivity index (χ2v) is 5.32. The number of carboxylic acid groups (broad SMARTS) is 1. The van der Waals surface area contributed by atoms with Gasteiger partial charge in [0.25, 0.3) is 0 Å². The Kier molecular flexibility index (Phi) is 4.90. The Hall–Kier alpha value is -2.31. The lowest BCUT2D eigenvalue weighted by Crippen LogP contribution is -2.44. The Morgan fingerprint density at radius 2 is 2.10 bits per heavy atom. The van der Waals surface area contributed by atoms with Crippen LogP contribution in [0.5, 0.6) is 0 Å². The van der Waals surface area contributed by atoms with E-state index in [-0.39, 0.29) is 6.42 Å². The highest BCUT2D eigenvalue weighted by atomic mass is 16.6. The third-order valence-electron chi connectivity index (χ3n) is 2.25. The first kappa shape index (κ1) is 15.7. The van der Waals surface area contributed by atoms with Crippen molar-refractivity contribution in [3.8, 4) is 0 Å². The highest BCUT2D eigenvalue weighted by molar-refractivity contribution is 5.80. The summed E-state index contributed by atoms with van der Waals surface area (Å²) in [6.07, 6.45) is 0.705. The molecule has 0 aromatic carbocycles. The number of nitrogens with zero attached hydrogens (tertiary/aromatic N) is 1. The van der Waals surface area contributed by atoms with Gasteiger partial charge < -0.3 is 20.9 Å². The molecule has 0 aliphatic heterocycles. The molecule has 110 valence electrons. The summed E-state index contributed by atoms with van der Waals surface area (Å²) in [4.78, 5) is 26.7. The quantitative estimate of drug-likeness (QED) is 0.763.